The highest BCUT2D eigenvalue weighted by Gasteiger charge is 2.35. The van der Waals surface area contributed by atoms with Gasteiger partial charge in [0.1, 0.15) is 0 Å². The smallest absolute Gasteiger partial charge is 0.321 e. The summed E-state index contributed by atoms with van der Waals surface area (Å²) in [6.45, 7) is 13.5. The molecule has 2 aromatic rings. The first kappa shape index (κ1) is 29.1. The van der Waals surface area contributed by atoms with Crippen molar-refractivity contribution in [2.45, 2.75) is 78.4 Å². The van der Waals surface area contributed by atoms with Crippen molar-refractivity contribution in [2.75, 3.05) is 47.8 Å². The van der Waals surface area contributed by atoms with Gasteiger partial charge in [-0.3, -0.25) is 9.79 Å². The third kappa shape index (κ3) is 6.75. The van der Waals surface area contributed by atoms with Crippen molar-refractivity contribution < 1.29 is 9.59 Å². The summed E-state index contributed by atoms with van der Waals surface area (Å²) in [7, 11) is 0. The third-order valence-corrected chi connectivity index (χ3v) is 8.50. The first-order valence-corrected chi connectivity index (χ1v) is 15.4. The molecule has 0 radical (unpaired) electrons. The SMILES string of the molecule is CCCN1C(=O)C(NC(=O)Nc2ccc(N3CCC(N4CCCCC4)CC3)cc2)N=C(C(C)(C)C)c2ccccc21. The molecule has 2 fully saturated rings. The number of urea groups is 1. The van der Waals surface area contributed by atoms with E-state index < -0.39 is 12.2 Å². The zero-order valence-electron chi connectivity index (χ0n) is 25.2. The summed E-state index contributed by atoms with van der Waals surface area (Å²) >= 11 is 0. The minimum Gasteiger partial charge on any atom is -0.371 e. The summed E-state index contributed by atoms with van der Waals surface area (Å²) in [5.41, 5.74) is 4.13. The van der Waals surface area contributed by atoms with Gasteiger partial charge in [0.25, 0.3) is 5.91 Å². The van der Waals surface area contributed by atoms with Gasteiger partial charge in [-0.05, 0) is 75.5 Å². The summed E-state index contributed by atoms with van der Waals surface area (Å²) in [6.07, 6.45) is 6.25. The minimum absolute atomic E-state index is 0.225. The molecule has 5 rings (SSSR count). The maximum Gasteiger partial charge on any atom is 0.321 e. The van der Waals surface area contributed by atoms with E-state index in [9.17, 15) is 9.59 Å². The number of hydrogen-bond acceptors (Lipinski definition) is 5. The van der Waals surface area contributed by atoms with E-state index in [1.807, 2.05) is 43.3 Å². The monoisotopic (exact) mass is 558 g/mol. The summed E-state index contributed by atoms with van der Waals surface area (Å²) in [5.74, 6) is -0.225. The summed E-state index contributed by atoms with van der Waals surface area (Å²) in [4.78, 5) is 38.5. The topological polar surface area (TPSA) is 80.3 Å². The quantitative estimate of drug-likeness (QED) is 0.464. The van der Waals surface area contributed by atoms with Gasteiger partial charge in [0.15, 0.2) is 0 Å². The second kappa shape index (κ2) is 12.6. The van der Waals surface area contributed by atoms with Crippen LogP contribution >= 0.6 is 0 Å². The molecule has 0 aromatic heterocycles. The number of anilines is 3. The van der Waals surface area contributed by atoms with Gasteiger partial charge in [0.2, 0.25) is 6.17 Å². The Morgan fingerprint density at radius 1 is 0.951 bits per heavy atom. The highest BCUT2D eigenvalue weighted by Crippen LogP contribution is 2.33. The van der Waals surface area contributed by atoms with Crippen LogP contribution in [-0.4, -0.2) is 67.5 Å². The van der Waals surface area contributed by atoms with Crippen LogP contribution in [0, 0.1) is 5.41 Å². The number of carbonyl (C=O) groups excluding carboxylic acids is 2. The van der Waals surface area contributed by atoms with Gasteiger partial charge in [-0.1, -0.05) is 52.3 Å². The van der Waals surface area contributed by atoms with Crippen molar-refractivity contribution in [3.05, 3.63) is 54.1 Å². The maximum atomic E-state index is 13.7. The first-order valence-electron chi connectivity index (χ1n) is 15.4. The first-order chi connectivity index (χ1) is 19.7. The van der Waals surface area contributed by atoms with Gasteiger partial charge in [0.05, 0.1) is 11.4 Å². The fraction of sp³-hybridized carbons (Fsp3) is 0.545. The number of fused-ring (bicyclic) bond motifs is 1. The zero-order valence-corrected chi connectivity index (χ0v) is 25.2. The minimum atomic E-state index is -1.01. The number of benzodiazepines with no additional fused rings is 1. The number of piperidine rings is 2. The summed E-state index contributed by atoms with van der Waals surface area (Å²) < 4.78 is 0. The van der Waals surface area contributed by atoms with Crippen molar-refractivity contribution >= 4 is 34.7 Å². The molecule has 0 saturated carbocycles. The Labute approximate surface area is 245 Å². The number of benzene rings is 2. The molecule has 2 aromatic carbocycles. The van der Waals surface area contributed by atoms with E-state index in [4.69, 9.17) is 4.99 Å². The van der Waals surface area contributed by atoms with E-state index in [1.165, 1.54) is 50.9 Å². The maximum absolute atomic E-state index is 13.7. The van der Waals surface area contributed by atoms with Gasteiger partial charge < -0.3 is 25.3 Å². The number of hydrogen-bond donors (Lipinski definition) is 2. The van der Waals surface area contributed by atoms with Crippen molar-refractivity contribution in [3.8, 4) is 0 Å². The van der Waals surface area contributed by atoms with Gasteiger partial charge in [-0.15, -0.1) is 0 Å². The van der Waals surface area contributed by atoms with Crippen LogP contribution in [0.4, 0.5) is 21.9 Å². The van der Waals surface area contributed by atoms with Crippen molar-refractivity contribution in [2.24, 2.45) is 10.4 Å². The molecule has 1 atom stereocenters. The predicted molar refractivity (Wildman–Crippen MR) is 168 cm³/mol. The average Bonchev–Trinajstić information content (AvgIpc) is 3.09. The van der Waals surface area contributed by atoms with Crippen molar-refractivity contribution in [1.82, 2.24) is 10.2 Å². The Morgan fingerprint density at radius 3 is 2.29 bits per heavy atom. The van der Waals surface area contributed by atoms with E-state index in [-0.39, 0.29) is 11.3 Å². The molecule has 8 heteroatoms. The number of aliphatic imine (C=N–C) groups is 1. The summed E-state index contributed by atoms with van der Waals surface area (Å²) in [6, 6.07) is 16.2. The molecule has 8 nitrogen and oxygen atoms in total. The molecule has 3 aliphatic rings. The molecule has 41 heavy (non-hydrogen) atoms. The Kier molecular flexibility index (Phi) is 8.97. The Bertz CT molecular complexity index is 1240. The normalized spacial score (nSPS) is 20.7. The fourth-order valence-corrected chi connectivity index (χ4v) is 6.40. The van der Waals surface area contributed by atoms with E-state index in [2.05, 4.69) is 53.3 Å². The lowest BCUT2D eigenvalue weighted by atomic mass is 9.84. The molecular formula is C33H46N6O2. The molecular weight excluding hydrogens is 512 g/mol. The number of carbonyl (C=O) groups is 2. The number of rotatable bonds is 6. The van der Waals surface area contributed by atoms with Gasteiger partial charge >= 0.3 is 6.03 Å². The number of amides is 3. The molecule has 3 heterocycles. The summed E-state index contributed by atoms with van der Waals surface area (Å²) in [5, 5.41) is 5.77. The lowest BCUT2D eigenvalue weighted by Crippen LogP contribution is -2.49. The Hall–Kier alpha value is -3.39. The van der Waals surface area contributed by atoms with Crippen molar-refractivity contribution in [1.29, 1.82) is 0 Å². The van der Waals surface area contributed by atoms with Crippen LogP contribution < -0.4 is 20.4 Å². The highest BCUT2D eigenvalue weighted by molar-refractivity contribution is 6.15. The van der Waals surface area contributed by atoms with E-state index in [0.29, 0.717) is 18.3 Å². The molecule has 2 saturated heterocycles. The number of nitrogens with zero attached hydrogens (tertiary/aromatic N) is 4. The standard InChI is InChI=1S/C33H46N6O2/c1-5-19-39-28-12-8-7-11-27(28)29(33(2,3)4)35-30(31(39)40)36-32(41)34-24-13-15-25(16-14-24)38-22-17-26(18-23-38)37-20-9-6-10-21-37/h7-8,11-16,26,30H,5-6,9-10,17-23H2,1-4H3,(H2,34,36,41). The molecule has 220 valence electrons. The molecule has 0 bridgehead atoms. The Balaban J connectivity index is 1.24. The fourth-order valence-electron chi connectivity index (χ4n) is 6.40. The Morgan fingerprint density at radius 2 is 1.63 bits per heavy atom. The largest absolute Gasteiger partial charge is 0.371 e. The van der Waals surface area contributed by atoms with E-state index in [0.717, 1.165) is 36.5 Å². The molecule has 3 aliphatic heterocycles. The van der Waals surface area contributed by atoms with Crippen LogP contribution in [0.2, 0.25) is 0 Å². The highest BCUT2D eigenvalue weighted by atomic mass is 16.2. The molecule has 1 unspecified atom stereocenters. The van der Waals surface area contributed by atoms with Gasteiger partial charge in [-0.2, -0.15) is 0 Å². The molecule has 3 amide bonds. The van der Waals surface area contributed by atoms with Crippen LogP contribution in [0.5, 0.6) is 0 Å². The van der Waals surface area contributed by atoms with Crippen LogP contribution in [-0.2, 0) is 4.79 Å². The average molecular weight is 559 g/mol. The number of para-hydroxylation sites is 1. The molecule has 0 aliphatic carbocycles. The zero-order chi connectivity index (χ0) is 29.0. The lowest BCUT2D eigenvalue weighted by molar-refractivity contribution is -0.120. The van der Waals surface area contributed by atoms with Crippen LogP contribution in [0.25, 0.3) is 0 Å². The van der Waals surface area contributed by atoms with Gasteiger partial charge in [-0.25, -0.2) is 4.79 Å². The van der Waals surface area contributed by atoms with E-state index in [1.54, 1.807) is 4.90 Å². The van der Waals surface area contributed by atoms with E-state index >= 15 is 0 Å². The van der Waals surface area contributed by atoms with Gasteiger partial charge in [0, 0.05) is 48.0 Å². The van der Waals surface area contributed by atoms with Crippen LogP contribution in [0.1, 0.15) is 71.8 Å². The third-order valence-electron chi connectivity index (χ3n) is 8.50. The predicted octanol–water partition coefficient (Wildman–Crippen LogP) is 5.88. The second-order valence-electron chi connectivity index (χ2n) is 12.6. The number of nitrogens with one attached hydrogen (secondary N) is 2. The van der Waals surface area contributed by atoms with Crippen molar-refractivity contribution in [3.63, 3.8) is 0 Å². The van der Waals surface area contributed by atoms with Crippen LogP contribution in [0.3, 0.4) is 0 Å². The lowest BCUT2D eigenvalue weighted by Gasteiger charge is -2.41. The van der Waals surface area contributed by atoms with Crippen LogP contribution in [0.15, 0.2) is 53.5 Å². The molecule has 0 spiro atoms. The molecule has 2 N–H and O–H groups in total. The second-order valence-corrected chi connectivity index (χ2v) is 12.6. The number of likely N-dealkylation sites (tertiary alicyclic amines) is 1.